The highest BCUT2D eigenvalue weighted by Crippen LogP contribution is 2.17. The van der Waals surface area contributed by atoms with E-state index in [2.05, 4.69) is 5.32 Å². The highest BCUT2D eigenvalue weighted by atomic mass is 35.5. The predicted molar refractivity (Wildman–Crippen MR) is 71.2 cm³/mol. The van der Waals surface area contributed by atoms with Gasteiger partial charge in [-0.1, -0.05) is 23.7 Å². The molecule has 0 aliphatic rings. The first-order valence-electron chi connectivity index (χ1n) is 5.74. The maximum atomic E-state index is 11.5. The molecule has 0 radical (unpaired) electrons. The number of likely N-dealkylation sites (N-methyl/N-ethyl adjacent to an activating group) is 1. The van der Waals surface area contributed by atoms with Crippen LogP contribution in [0.15, 0.2) is 18.2 Å². The first-order valence-corrected chi connectivity index (χ1v) is 6.12. The standard InChI is InChI=1S/C13H19ClN2O/c1-4-16(3)13(17)9-15-8-11-6-5-10(2)7-12(11)14/h5-7,15H,4,8-9H2,1-3H3. The molecule has 0 aliphatic carbocycles. The summed E-state index contributed by atoms with van der Waals surface area (Å²) in [5, 5.41) is 3.85. The molecule has 1 amide bonds. The highest BCUT2D eigenvalue weighted by Gasteiger charge is 2.06. The second-order valence-electron chi connectivity index (χ2n) is 4.11. The summed E-state index contributed by atoms with van der Waals surface area (Å²) in [5.41, 5.74) is 2.16. The SMILES string of the molecule is CCN(C)C(=O)CNCc1ccc(C)cc1Cl. The van der Waals surface area contributed by atoms with Gasteiger partial charge in [0, 0.05) is 25.2 Å². The summed E-state index contributed by atoms with van der Waals surface area (Å²) < 4.78 is 0. The molecule has 3 nitrogen and oxygen atoms in total. The fourth-order valence-electron chi connectivity index (χ4n) is 1.41. The van der Waals surface area contributed by atoms with Gasteiger partial charge in [0.1, 0.15) is 0 Å². The molecule has 0 fully saturated rings. The van der Waals surface area contributed by atoms with Gasteiger partial charge in [-0.2, -0.15) is 0 Å². The smallest absolute Gasteiger partial charge is 0.236 e. The first-order chi connectivity index (χ1) is 8.04. The molecule has 0 aliphatic heterocycles. The Morgan fingerprint density at radius 2 is 2.18 bits per heavy atom. The first kappa shape index (κ1) is 14.0. The quantitative estimate of drug-likeness (QED) is 0.874. The third-order valence-electron chi connectivity index (χ3n) is 2.70. The average molecular weight is 255 g/mol. The van der Waals surface area contributed by atoms with Gasteiger partial charge in [0.25, 0.3) is 0 Å². The van der Waals surface area contributed by atoms with Gasteiger partial charge < -0.3 is 10.2 Å². The number of rotatable bonds is 5. The van der Waals surface area contributed by atoms with Crippen molar-refractivity contribution in [2.24, 2.45) is 0 Å². The van der Waals surface area contributed by atoms with Crippen LogP contribution < -0.4 is 5.32 Å². The molecule has 1 rings (SSSR count). The topological polar surface area (TPSA) is 32.3 Å². The zero-order valence-corrected chi connectivity index (χ0v) is 11.3. The van der Waals surface area contributed by atoms with Crippen molar-refractivity contribution >= 4 is 17.5 Å². The third-order valence-corrected chi connectivity index (χ3v) is 3.05. The van der Waals surface area contributed by atoms with Gasteiger partial charge >= 0.3 is 0 Å². The normalized spacial score (nSPS) is 10.4. The minimum atomic E-state index is 0.0933. The largest absolute Gasteiger partial charge is 0.345 e. The number of nitrogens with one attached hydrogen (secondary N) is 1. The number of amides is 1. The number of halogens is 1. The minimum Gasteiger partial charge on any atom is -0.345 e. The van der Waals surface area contributed by atoms with E-state index >= 15 is 0 Å². The Balaban J connectivity index is 2.43. The number of carbonyl (C=O) groups is 1. The molecule has 0 saturated carbocycles. The van der Waals surface area contributed by atoms with Crippen LogP contribution >= 0.6 is 11.6 Å². The molecule has 0 aromatic heterocycles. The van der Waals surface area contributed by atoms with E-state index in [1.807, 2.05) is 32.0 Å². The Labute approximate surface area is 108 Å². The number of hydrogen-bond donors (Lipinski definition) is 1. The lowest BCUT2D eigenvalue weighted by Crippen LogP contribution is -2.35. The van der Waals surface area contributed by atoms with Crippen LogP contribution in [0.4, 0.5) is 0 Å². The van der Waals surface area contributed by atoms with E-state index in [9.17, 15) is 4.79 Å². The highest BCUT2D eigenvalue weighted by molar-refractivity contribution is 6.31. The van der Waals surface area contributed by atoms with Crippen LogP contribution in [0.25, 0.3) is 0 Å². The van der Waals surface area contributed by atoms with E-state index in [1.54, 1.807) is 11.9 Å². The number of nitrogens with zero attached hydrogens (tertiary/aromatic N) is 1. The van der Waals surface area contributed by atoms with Crippen molar-refractivity contribution < 1.29 is 4.79 Å². The summed E-state index contributed by atoms with van der Waals surface area (Å²) >= 11 is 6.10. The fourth-order valence-corrected chi connectivity index (χ4v) is 1.71. The number of hydrogen-bond acceptors (Lipinski definition) is 2. The van der Waals surface area contributed by atoms with Gasteiger partial charge in [-0.25, -0.2) is 0 Å². The molecule has 0 spiro atoms. The lowest BCUT2D eigenvalue weighted by molar-refractivity contribution is -0.128. The van der Waals surface area contributed by atoms with E-state index in [1.165, 1.54) is 0 Å². The molecule has 0 bridgehead atoms. The summed E-state index contributed by atoms with van der Waals surface area (Å²) in [4.78, 5) is 13.2. The van der Waals surface area contributed by atoms with Gasteiger partial charge in [0.2, 0.25) is 5.91 Å². The molecule has 4 heteroatoms. The molecule has 1 aromatic rings. The van der Waals surface area contributed by atoms with E-state index < -0.39 is 0 Å². The van der Waals surface area contributed by atoms with Crippen LogP contribution in [0.1, 0.15) is 18.1 Å². The van der Waals surface area contributed by atoms with Crippen molar-refractivity contribution in [1.82, 2.24) is 10.2 Å². The van der Waals surface area contributed by atoms with Crippen molar-refractivity contribution in [1.29, 1.82) is 0 Å². The zero-order chi connectivity index (χ0) is 12.8. The van der Waals surface area contributed by atoms with Gasteiger partial charge in [0.05, 0.1) is 6.54 Å². The summed E-state index contributed by atoms with van der Waals surface area (Å²) in [6.07, 6.45) is 0. The lowest BCUT2D eigenvalue weighted by Gasteiger charge is -2.15. The number of carbonyl (C=O) groups excluding carboxylic acids is 1. The van der Waals surface area contributed by atoms with Crippen molar-refractivity contribution in [3.05, 3.63) is 34.3 Å². The van der Waals surface area contributed by atoms with E-state index in [0.29, 0.717) is 13.1 Å². The van der Waals surface area contributed by atoms with Crippen LogP contribution in [0, 0.1) is 6.92 Å². The summed E-state index contributed by atoms with van der Waals surface area (Å²) in [6, 6.07) is 5.93. The Bertz CT molecular complexity index is 393. The van der Waals surface area contributed by atoms with Crippen LogP contribution in [0.2, 0.25) is 5.02 Å². The third kappa shape index (κ3) is 4.36. The average Bonchev–Trinajstić information content (AvgIpc) is 2.30. The van der Waals surface area contributed by atoms with Crippen LogP contribution in [-0.2, 0) is 11.3 Å². The molecule has 0 unspecified atom stereocenters. The second kappa shape index (κ2) is 6.62. The van der Waals surface area contributed by atoms with Gasteiger partial charge in [-0.05, 0) is 31.0 Å². The molecule has 0 atom stereocenters. The molecule has 17 heavy (non-hydrogen) atoms. The summed E-state index contributed by atoms with van der Waals surface area (Å²) in [5.74, 6) is 0.0933. The van der Waals surface area contributed by atoms with E-state index in [4.69, 9.17) is 11.6 Å². The molecule has 1 aromatic carbocycles. The Kier molecular flexibility index (Phi) is 5.45. The van der Waals surface area contributed by atoms with Crippen molar-refractivity contribution in [2.75, 3.05) is 20.1 Å². The minimum absolute atomic E-state index is 0.0933. The van der Waals surface area contributed by atoms with E-state index in [-0.39, 0.29) is 5.91 Å². The summed E-state index contributed by atoms with van der Waals surface area (Å²) in [7, 11) is 1.79. The van der Waals surface area contributed by atoms with Gasteiger partial charge in [0.15, 0.2) is 0 Å². The molecule has 0 saturated heterocycles. The number of benzene rings is 1. The van der Waals surface area contributed by atoms with Gasteiger partial charge in [-0.3, -0.25) is 4.79 Å². The second-order valence-corrected chi connectivity index (χ2v) is 4.51. The maximum absolute atomic E-state index is 11.5. The van der Waals surface area contributed by atoms with Crippen LogP contribution in [0.5, 0.6) is 0 Å². The lowest BCUT2D eigenvalue weighted by atomic mass is 10.1. The zero-order valence-electron chi connectivity index (χ0n) is 10.6. The Morgan fingerprint density at radius 1 is 1.47 bits per heavy atom. The predicted octanol–water partition coefficient (Wildman–Crippen LogP) is 2.22. The number of aryl methyl sites for hydroxylation is 1. The van der Waals surface area contributed by atoms with Crippen molar-refractivity contribution in [3.63, 3.8) is 0 Å². The molecule has 94 valence electrons. The van der Waals surface area contributed by atoms with Crippen LogP contribution in [0.3, 0.4) is 0 Å². The Morgan fingerprint density at radius 3 is 2.76 bits per heavy atom. The Hall–Kier alpha value is -1.06. The van der Waals surface area contributed by atoms with Crippen molar-refractivity contribution in [2.45, 2.75) is 20.4 Å². The monoisotopic (exact) mass is 254 g/mol. The fraction of sp³-hybridized carbons (Fsp3) is 0.462. The molecule has 1 N–H and O–H groups in total. The molecular formula is C13H19ClN2O. The van der Waals surface area contributed by atoms with Gasteiger partial charge in [-0.15, -0.1) is 0 Å². The molecule has 0 heterocycles. The van der Waals surface area contributed by atoms with Crippen molar-refractivity contribution in [3.8, 4) is 0 Å². The van der Waals surface area contributed by atoms with E-state index in [0.717, 1.165) is 22.7 Å². The maximum Gasteiger partial charge on any atom is 0.236 e. The van der Waals surface area contributed by atoms with Crippen LogP contribution in [-0.4, -0.2) is 30.9 Å². The molecular weight excluding hydrogens is 236 g/mol. The summed E-state index contributed by atoms with van der Waals surface area (Å²) in [6.45, 7) is 5.64.